The topological polar surface area (TPSA) is 53.1 Å². The minimum absolute atomic E-state index is 0.187. The molecule has 0 aliphatic heterocycles. The van der Waals surface area contributed by atoms with Gasteiger partial charge in [-0.3, -0.25) is 4.79 Å². The monoisotopic (exact) mass is 191 g/mol. The summed E-state index contributed by atoms with van der Waals surface area (Å²) in [5, 5.41) is 9.59. The molecule has 0 fully saturated rings. The molecule has 1 heterocycles. The molecule has 0 saturated heterocycles. The number of aromatic nitrogens is 1. The number of hydrogen-bond donors (Lipinski definition) is 2. The molecule has 1 aromatic rings. The molecule has 0 aliphatic rings. The molecule has 14 heavy (non-hydrogen) atoms. The lowest BCUT2D eigenvalue weighted by atomic mass is 10.1. The highest BCUT2D eigenvalue weighted by atomic mass is 16.3. The first-order valence-corrected chi connectivity index (χ1v) is 4.48. The first-order chi connectivity index (χ1) is 6.53. The summed E-state index contributed by atoms with van der Waals surface area (Å²) in [4.78, 5) is 13.5. The number of pyridine rings is 1. The Morgan fingerprint density at radius 3 is 2.86 bits per heavy atom. The summed E-state index contributed by atoms with van der Waals surface area (Å²) >= 11 is 0. The Balaban J connectivity index is 2.93. The van der Waals surface area contributed by atoms with E-state index in [1.54, 1.807) is 19.1 Å². The number of rotatable bonds is 1. The number of hydrogen-bond acceptors (Lipinski definition) is 2. The maximum absolute atomic E-state index is 10.9. The van der Waals surface area contributed by atoms with Crippen LogP contribution in [0.1, 0.15) is 26.0 Å². The van der Waals surface area contributed by atoms with Crippen molar-refractivity contribution in [3.63, 3.8) is 0 Å². The summed E-state index contributed by atoms with van der Waals surface area (Å²) < 4.78 is 0. The van der Waals surface area contributed by atoms with Gasteiger partial charge in [0.25, 0.3) is 0 Å². The molecule has 3 heteroatoms. The van der Waals surface area contributed by atoms with Crippen molar-refractivity contribution in [3.05, 3.63) is 34.2 Å². The normalized spacial score (nSPS) is 13.9. The highest BCUT2D eigenvalue weighted by molar-refractivity contribution is 5.29. The number of aromatic amines is 1. The zero-order valence-corrected chi connectivity index (χ0v) is 8.29. The van der Waals surface area contributed by atoms with Crippen LogP contribution in [0.3, 0.4) is 0 Å². The van der Waals surface area contributed by atoms with E-state index in [2.05, 4.69) is 16.8 Å². The molecule has 0 aliphatic carbocycles. The van der Waals surface area contributed by atoms with Gasteiger partial charge in [0.1, 0.15) is 5.60 Å². The van der Waals surface area contributed by atoms with Gasteiger partial charge in [-0.25, -0.2) is 0 Å². The molecular weight excluding hydrogens is 178 g/mol. The largest absolute Gasteiger partial charge is 0.378 e. The van der Waals surface area contributed by atoms with Crippen molar-refractivity contribution in [2.75, 3.05) is 0 Å². The van der Waals surface area contributed by atoms with Crippen LogP contribution in [0.2, 0.25) is 0 Å². The second kappa shape index (κ2) is 4.12. The molecule has 1 unspecified atom stereocenters. The Hall–Kier alpha value is -1.53. The molecule has 2 N–H and O–H groups in total. The van der Waals surface area contributed by atoms with Crippen molar-refractivity contribution < 1.29 is 5.11 Å². The first kappa shape index (κ1) is 10.6. The number of aliphatic hydroxyl groups is 1. The molecule has 1 rings (SSSR count). The van der Waals surface area contributed by atoms with Crippen molar-refractivity contribution >= 4 is 0 Å². The van der Waals surface area contributed by atoms with E-state index in [1.807, 2.05) is 6.92 Å². The predicted octanol–water partition coefficient (Wildman–Crippen LogP) is 0.887. The van der Waals surface area contributed by atoms with Gasteiger partial charge in [-0.1, -0.05) is 18.9 Å². The van der Waals surface area contributed by atoms with Crippen LogP contribution in [0.25, 0.3) is 0 Å². The van der Waals surface area contributed by atoms with Crippen LogP contribution in [0.15, 0.2) is 23.0 Å². The average molecular weight is 191 g/mol. The Morgan fingerprint density at radius 1 is 1.57 bits per heavy atom. The van der Waals surface area contributed by atoms with E-state index in [0.29, 0.717) is 12.1 Å². The highest BCUT2D eigenvalue weighted by Gasteiger charge is 2.12. The first-order valence-electron chi connectivity index (χ1n) is 4.48. The summed E-state index contributed by atoms with van der Waals surface area (Å²) in [6.07, 6.45) is 0.553. The van der Waals surface area contributed by atoms with Crippen LogP contribution in [-0.2, 0) is 0 Å². The fourth-order valence-corrected chi connectivity index (χ4v) is 0.811. The zero-order chi connectivity index (χ0) is 10.6. The van der Waals surface area contributed by atoms with Crippen molar-refractivity contribution in [1.82, 2.24) is 4.98 Å². The van der Waals surface area contributed by atoms with Crippen LogP contribution in [0.4, 0.5) is 0 Å². The third-order valence-corrected chi connectivity index (χ3v) is 1.92. The van der Waals surface area contributed by atoms with Crippen molar-refractivity contribution in [1.29, 1.82) is 0 Å². The molecule has 1 atom stereocenters. The summed E-state index contributed by atoms with van der Waals surface area (Å²) in [5.74, 6) is 5.41. The molecule has 0 saturated carbocycles. The fourth-order valence-electron chi connectivity index (χ4n) is 0.811. The van der Waals surface area contributed by atoms with Gasteiger partial charge in [0, 0.05) is 6.07 Å². The molecule has 3 nitrogen and oxygen atoms in total. The van der Waals surface area contributed by atoms with Gasteiger partial charge in [0.2, 0.25) is 5.56 Å². The SMILES string of the molecule is CCC(C)(O)C#Cc1cccc(=O)[nH]1. The Bertz CT molecular complexity index is 421. The maximum Gasteiger partial charge on any atom is 0.248 e. The van der Waals surface area contributed by atoms with E-state index in [4.69, 9.17) is 0 Å². The maximum atomic E-state index is 10.9. The Morgan fingerprint density at radius 2 is 2.29 bits per heavy atom. The lowest BCUT2D eigenvalue weighted by Gasteiger charge is -2.11. The van der Waals surface area contributed by atoms with Crippen LogP contribution < -0.4 is 5.56 Å². The third kappa shape index (κ3) is 3.08. The molecule has 0 aromatic carbocycles. The van der Waals surface area contributed by atoms with Gasteiger partial charge in [-0.15, -0.1) is 0 Å². The minimum Gasteiger partial charge on any atom is -0.378 e. The van der Waals surface area contributed by atoms with Gasteiger partial charge in [-0.2, -0.15) is 0 Å². The highest BCUT2D eigenvalue weighted by Crippen LogP contribution is 2.05. The van der Waals surface area contributed by atoms with Gasteiger partial charge >= 0.3 is 0 Å². The number of nitrogens with one attached hydrogen (secondary N) is 1. The van der Waals surface area contributed by atoms with Gasteiger partial charge in [-0.05, 0) is 25.3 Å². The van der Waals surface area contributed by atoms with E-state index in [-0.39, 0.29) is 5.56 Å². The lowest BCUT2D eigenvalue weighted by molar-refractivity contribution is 0.118. The summed E-state index contributed by atoms with van der Waals surface area (Å²) in [6, 6.07) is 4.74. The van der Waals surface area contributed by atoms with Gasteiger partial charge < -0.3 is 10.1 Å². The molecule has 1 aromatic heterocycles. The van der Waals surface area contributed by atoms with Crippen molar-refractivity contribution in [3.8, 4) is 11.8 Å². The van der Waals surface area contributed by atoms with Crippen LogP contribution in [0, 0.1) is 11.8 Å². The van der Waals surface area contributed by atoms with Crippen molar-refractivity contribution in [2.45, 2.75) is 25.9 Å². The third-order valence-electron chi connectivity index (χ3n) is 1.92. The summed E-state index contributed by atoms with van der Waals surface area (Å²) in [7, 11) is 0. The molecule has 0 amide bonds. The Kier molecular flexibility index (Phi) is 3.10. The molecular formula is C11H13NO2. The minimum atomic E-state index is -0.993. The Labute approximate surface area is 82.8 Å². The predicted molar refractivity (Wildman–Crippen MR) is 54.9 cm³/mol. The molecule has 74 valence electrons. The van der Waals surface area contributed by atoms with Crippen LogP contribution >= 0.6 is 0 Å². The van der Waals surface area contributed by atoms with Crippen molar-refractivity contribution in [2.24, 2.45) is 0 Å². The van der Waals surface area contributed by atoms with Gasteiger partial charge in [0.05, 0.1) is 5.69 Å². The smallest absolute Gasteiger partial charge is 0.248 e. The summed E-state index contributed by atoms with van der Waals surface area (Å²) in [5.41, 5.74) is -0.661. The summed E-state index contributed by atoms with van der Waals surface area (Å²) in [6.45, 7) is 3.49. The molecule has 0 spiro atoms. The zero-order valence-electron chi connectivity index (χ0n) is 8.29. The second-order valence-corrected chi connectivity index (χ2v) is 3.31. The molecule has 0 radical (unpaired) electrons. The second-order valence-electron chi connectivity index (χ2n) is 3.31. The molecule has 0 bridgehead atoms. The van der Waals surface area contributed by atoms with E-state index in [9.17, 15) is 9.90 Å². The van der Waals surface area contributed by atoms with Gasteiger partial charge in [0.15, 0.2) is 0 Å². The lowest BCUT2D eigenvalue weighted by Crippen LogP contribution is -2.19. The standard InChI is InChI=1S/C11H13NO2/c1-3-11(2,14)8-7-9-5-4-6-10(13)12-9/h4-6,14H,3H2,1-2H3,(H,12,13). The van der Waals surface area contributed by atoms with E-state index in [0.717, 1.165) is 0 Å². The van der Waals surface area contributed by atoms with E-state index >= 15 is 0 Å². The fraction of sp³-hybridized carbons (Fsp3) is 0.364. The quantitative estimate of drug-likeness (QED) is 0.648. The van der Waals surface area contributed by atoms with E-state index < -0.39 is 5.60 Å². The average Bonchev–Trinajstić information content (AvgIpc) is 2.15. The van der Waals surface area contributed by atoms with Crippen LogP contribution in [-0.4, -0.2) is 15.7 Å². The van der Waals surface area contributed by atoms with Crippen LogP contribution in [0.5, 0.6) is 0 Å². The van der Waals surface area contributed by atoms with E-state index in [1.165, 1.54) is 6.07 Å². The number of H-pyrrole nitrogens is 1.